The Morgan fingerprint density at radius 3 is 2.58 bits per heavy atom. The molecular weight excluding hydrogens is 504 g/mol. The highest BCUT2D eigenvalue weighted by molar-refractivity contribution is 7.99. The van der Waals surface area contributed by atoms with Crippen LogP contribution >= 0.6 is 11.8 Å². The lowest BCUT2D eigenvalue weighted by Crippen LogP contribution is -2.57. The largest absolute Gasteiger partial charge is 0.444 e. The van der Waals surface area contributed by atoms with Crippen LogP contribution in [0.3, 0.4) is 0 Å². The second-order valence-electron chi connectivity index (χ2n) is 11.9. The Hall–Kier alpha value is -3.01. The summed E-state index contributed by atoms with van der Waals surface area (Å²) in [5, 5.41) is 3.64. The van der Waals surface area contributed by atoms with E-state index >= 15 is 0 Å². The van der Waals surface area contributed by atoms with Crippen molar-refractivity contribution in [2.24, 2.45) is 5.41 Å². The van der Waals surface area contributed by atoms with E-state index < -0.39 is 41.1 Å². The Bertz CT molecular complexity index is 1220. The number of H-pyrrole nitrogens is 1. The molecule has 38 heavy (non-hydrogen) atoms. The number of rotatable bonds is 5. The third kappa shape index (κ3) is 5.55. The summed E-state index contributed by atoms with van der Waals surface area (Å²) in [5.41, 5.74) is 0.200. The topological polar surface area (TPSA) is 112 Å². The molecule has 0 unspecified atom stereocenters. The normalized spacial score (nSPS) is 23.9. The molecule has 3 amide bonds. The van der Waals surface area contributed by atoms with Crippen LogP contribution in [0.1, 0.15) is 64.9 Å². The van der Waals surface area contributed by atoms with E-state index in [4.69, 9.17) is 4.74 Å². The number of likely N-dealkylation sites (N-methyl/N-ethyl adjacent to an activating group) is 1. The first kappa shape index (κ1) is 28.0. The Morgan fingerprint density at radius 1 is 1.24 bits per heavy atom. The van der Waals surface area contributed by atoms with Gasteiger partial charge in [-0.05, 0) is 63.8 Å². The minimum atomic E-state index is -0.844. The van der Waals surface area contributed by atoms with E-state index in [9.17, 15) is 19.2 Å². The van der Waals surface area contributed by atoms with Crippen LogP contribution in [0.15, 0.2) is 30.3 Å². The van der Waals surface area contributed by atoms with Crippen LogP contribution in [0.2, 0.25) is 0 Å². The molecule has 2 aromatic rings. The molecule has 3 heterocycles. The highest BCUT2D eigenvalue weighted by atomic mass is 32.2. The van der Waals surface area contributed by atoms with Gasteiger partial charge in [-0.2, -0.15) is 0 Å². The zero-order valence-corrected chi connectivity index (χ0v) is 24.0. The molecule has 2 saturated heterocycles. The second-order valence-corrected chi connectivity index (χ2v) is 13.2. The number of nitrogens with zero attached hydrogens (tertiary/aromatic N) is 2. The number of carbonyl (C=O) groups excluding carboxylic acids is 4. The number of para-hydroxylation sites is 1. The fraction of sp³-hybridized carbons (Fsp3) is 0.571. The van der Waals surface area contributed by atoms with Gasteiger partial charge in [-0.15, -0.1) is 11.8 Å². The van der Waals surface area contributed by atoms with E-state index in [1.807, 2.05) is 44.2 Å². The maximum atomic E-state index is 13.9. The molecular formula is C28H38N4O5S. The van der Waals surface area contributed by atoms with E-state index in [-0.39, 0.29) is 17.1 Å². The van der Waals surface area contributed by atoms with Crippen molar-refractivity contribution in [1.82, 2.24) is 20.1 Å². The molecule has 0 bridgehead atoms. The molecule has 0 aliphatic carbocycles. The van der Waals surface area contributed by atoms with E-state index in [0.29, 0.717) is 24.3 Å². The van der Waals surface area contributed by atoms with Crippen molar-refractivity contribution in [3.8, 4) is 0 Å². The fourth-order valence-corrected chi connectivity index (χ4v) is 6.74. The molecule has 0 radical (unpaired) electrons. The van der Waals surface area contributed by atoms with Crippen molar-refractivity contribution < 1.29 is 23.9 Å². The molecule has 1 aromatic carbocycles. The Labute approximate surface area is 228 Å². The van der Waals surface area contributed by atoms with Crippen LogP contribution in [0.5, 0.6) is 0 Å². The van der Waals surface area contributed by atoms with E-state index in [0.717, 1.165) is 10.9 Å². The summed E-state index contributed by atoms with van der Waals surface area (Å²) < 4.78 is 5.37. The van der Waals surface area contributed by atoms with Gasteiger partial charge in [0.1, 0.15) is 23.7 Å². The standard InChI is InChI=1S/C28H38N4O5S/c1-16(31(7)26(36)37-27(2,3)4)24(34)30-19-12-13-38-21-15-28(5,6)23(32(21)25(19)35)22(33)20-14-17-10-8-9-11-18(17)29-20/h8-11,14,16,19,21,23,29H,12-13,15H2,1-7H3,(H,30,34)/t16-,19-,21-,23+/m0/s1. The van der Waals surface area contributed by atoms with Crippen molar-refractivity contribution in [3.63, 3.8) is 0 Å². The molecule has 10 heteroatoms. The maximum Gasteiger partial charge on any atom is 0.410 e. The van der Waals surface area contributed by atoms with Gasteiger partial charge in [0, 0.05) is 18.0 Å². The van der Waals surface area contributed by atoms with Crippen LogP contribution in [-0.4, -0.2) is 80.4 Å². The first-order valence-corrected chi connectivity index (χ1v) is 14.1. The first-order chi connectivity index (χ1) is 17.7. The van der Waals surface area contributed by atoms with Gasteiger partial charge in [0.2, 0.25) is 17.6 Å². The highest BCUT2D eigenvalue weighted by Crippen LogP contribution is 2.47. The van der Waals surface area contributed by atoms with Gasteiger partial charge in [0.05, 0.1) is 11.1 Å². The summed E-state index contributed by atoms with van der Waals surface area (Å²) in [6, 6.07) is 7.23. The van der Waals surface area contributed by atoms with Crippen LogP contribution in [0, 0.1) is 5.41 Å². The minimum absolute atomic E-state index is 0.132. The first-order valence-electron chi connectivity index (χ1n) is 13.0. The Morgan fingerprint density at radius 2 is 1.92 bits per heavy atom. The SMILES string of the molecule is C[C@@H](C(=O)N[C@H]1CCS[C@H]2CC(C)(C)[C@@H](C(=O)c3cc4ccccc4[nH]3)N2C1=O)N(C)C(=O)OC(C)(C)C. The van der Waals surface area contributed by atoms with Gasteiger partial charge in [-0.3, -0.25) is 19.3 Å². The molecule has 4 rings (SSSR count). The Balaban J connectivity index is 1.54. The number of carbonyl (C=O) groups is 4. The van der Waals surface area contributed by atoms with Crippen LogP contribution in [0.4, 0.5) is 4.79 Å². The van der Waals surface area contributed by atoms with Crippen LogP contribution < -0.4 is 5.32 Å². The van der Waals surface area contributed by atoms with Gasteiger partial charge < -0.3 is 19.9 Å². The third-order valence-corrected chi connectivity index (χ3v) is 8.55. The molecule has 4 atom stereocenters. The summed E-state index contributed by atoms with van der Waals surface area (Å²) in [6.07, 6.45) is 0.505. The number of amides is 3. The van der Waals surface area contributed by atoms with Crippen molar-refractivity contribution in [2.45, 2.75) is 83.5 Å². The molecule has 1 aromatic heterocycles. The fourth-order valence-electron chi connectivity index (χ4n) is 5.17. The number of fused-ring (bicyclic) bond motifs is 2. The molecule has 2 fully saturated rings. The van der Waals surface area contributed by atoms with Gasteiger partial charge in [0.25, 0.3) is 0 Å². The number of aromatic nitrogens is 1. The van der Waals surface area contributed by atoms with Crippen molar-refractivity contribution in [1.29, 1.82) is 0 Å². The molecule has 2 aliphatic heterocycles. The monoisotopic (exact) mass is 542 g/mol. The molecule has 0 saturated carbocycles. The lowest BCUT2D eigenvalue weighted by molar-refractivity contribution is -0.138. The predicted molar refractivity (Wildman–Crippen MR) is 148 cm³/mol. The number of benzene rings is 1. The smallest absolute Gasteiger partial charge is 0.410 e. The van der Waals surface area contributed by atoms with Gasteiger partial charge >= 0.3 is 6.09 Å². The number of nitrogens with one attached hydrogen (secondary N) is 2. The third-order valence-electron chi connectivity index (χ3n) is 7.30. The number of aromatic amines is 1. The maximum absolute atomic E-state index is 13.9. The van der Waals surface area contributed by atoms with Gasteiger partial charge in [-0.1, -0.05) is 32.0 Å². The quantitative estimate of drug-likeness (QED) is 0.549. The number of ketones is 1. The van der Waals surface area contributed by atoms with Crippen molar-refractivity contribution in [3.05, 3.63) is 36.0 Å². The van der Waals surface area contributed by atoms with E-state index in [1.54, 1.807) is 44.4 Å². The predicted octanol–water partition coefficient (Wildman–Crippen LogP) is 4.18. The molecule has 0 spiro atoms. The van der Waals surface area contributed by atoms with Crippen molar-refractivity contribution in [2.75, 3.05) is 12.8 Å². The minimum Gasteiger partial charge on any atom is -0.444 e. The number of ether oxygens (including phenoxy) is 1. The number of hydrogen-bond donors (Lipinski definition) is 2. The lowest BCUT2D eigenvalue weighted by Gasteiger charge is -2.34. The average molecular weight is 543 g/mol. The van der Waals surface area contributed by atoms with Crippen molar-refractivity contribution >= 4 is 46.4 Å². The van der Waals surface area contributed by atoms with Gasteiger partial charge in [-0.25, -0.2) is 4.79 Å². The second kappa shape index (κ2) is 10.3. The highest BCUT2D eigenvalue weighted by Gasteiger charge is 2.54. The number of Topliss-reactive ketones (excluding diaryl/α,β-unsaturated/α-hetero) is 1. The Kier molecular flexibility index (Phi) is 7.58. The molecule has 206 valence electrons. The van der Waals surface area contributed by atoms with Gasteiger partial charge in [0.15, 0.2) is 0 Å². The zero-order chi connectivity index (χ0) is 28.0. The summed E-state index contributed by atoms with van der Waals surface area (Å²) >= 11 is 1.65. The van der Waals surface area contributed by atoms with E-state index in [1.165, 1.54) is 11.9 Å². The summed E-state index contributed by atoms with van der Waals surface area (Å²) in [7, 11) is 1.50. The van der Waals surface area contributed by atoms with E-state index in [2.05, 4.69) is 10.3 Å². The molecule has 2 N–H and O–H groups in total. The van der Waals surface area contributed by atoms with Crippen LogP contribution in [-0.2, 0) is 14.3 Å². The molecule has 9 nitrogen and oxygen atoms in total. The summed E-state index contributed by atoms with van der Waals surface area (Å²) in [5.74, 6) is -0.178. The summed E-state index contributed by atoms with van der Waals surface area (Å²) in [6.45, 7) is 10.9. The lowest BCUT2D eigenvalue weighted by atomic mass is 9.81. The number of thioether (sulfide) groups is 1. The number of hydrogen-bond acceptors (Lipinski definition) is 6. The summed E-state index contributed by atoms with van der Waals surface area (Å²) in [4.78, 5) is 59.5. The van der Waals surface area contributed by atoms with Crippen LogP contribution in [0.25, 0.3) is 10.9 Å². The molecule has 2 aliphatic rings. The average Bonchev–Trinajstić information content (AvgIpc) is 3.34. The zero-order valence-electron chi connectivity index (χ0n) is 23.2.